The Kier molecular flexibility index (Phi) is 5.21. The smallest absolute Gasteiger partial charge is 0.219 e. The Morgan fingerprint density at radius 1 is 1.24 bits per heavy atom. The fourth-order valence-corrected chi connectivity index (χ4v) is 5.74. The van der Waals surface area contributed by atoms with Crippen LogP contribution in [0.3, 0.4) is 0 Å². The maximum atomic E-state index is 12.2. The van der Waals surface area contributed by atoms with Crippen LogP contribution in [-0.2, 0) is 36.0 Å². The first-order valence-electron chi connectivity index (χ1n) is 12.3. The third-order valence-electron chi connectivity index (χ3n) is 7.49. The standard InChI is InChI=1S/C26H32N6O2/c1-17-10-20-11-19(21-12-27-29(3)14-21)4-5-24(20)31(13-17)26-23-15-30(18(2)33)8-6-25(23)32(28-26)22-7-9-34-16-22/h4-5,11-12,14,17,22H,6-10,13,15-16H2,1-3H3/t17?,22-/m0/s1. The number of aryl methyl sites for hydroxylation is 1. The number of fused-ring (bicyclic) bond motifs is 2. The van der Waals surface area contributed by atoms with Crippen LogP contribution < -0.4 is 4.90 Å². The van der Waals surface area contributed by atoms with Gasteiger partial charge < -0.3 is 14.5 Å². The van der Waals surface area contributed by atoms with Gasteiger partial charge in [0.15, 0.2) is 5.82 Å². The predicted octanol–water partition coefficient (Wildman–Crippen LogP) is 3.48. The van der Waals surface area contributed by atoms with Crippen LogP contribution in [0.1, 0.15) is 43.1 Å². The molecule has 5 heterocycles. The molecule has 0 N–H and O–H groups in total. The lowest BCUT2D eigenvalue weighted by Gasteiger charge is -2.35. The summed E-state index contributed by atoms with van der Waals surface area (Å²) in [6, 6.07) is 7.01. The minimum atomic E-state index is 0.127. The summed E-state index contributed by atoms with van der Waals surface area (Å²) in [4.78, 5) is 16.6. The molecule has 0 aliphatic carbocycles. The van der Waals surface area contributed by atoms with E-state index in [1.807, 2.05) is 22.8 Å². The zero-order valence-electron chi connectivity index (χ0n) is 20.2. The van der Waals surface area contributed by atoms with Gasteiger partial charge in [0.1, 0.15) is 0 Å². The maximum Gasteiger partial charge on any atom is 0.219 e. The molecule has 3 aliphatic rings. The number of benzene rings is 1. The van der Waals surface area contributed by atoms with Crippen LogP contribution in [0.25, 0.3) is 11.1 Å². The van der Waals surface area contributed by atoms with Gasteiger partial charge in [0.2, 0.25) is 5.91 Å². The van der Waals surface area contributed by atoms with Crippen molar-refractivity contribution in [3.8, 4) is 11.1 Å². The highest BCUT2D eigenvalue weighted by molar-refractivity contribution is 5.76. The Labute approximate surface area is 200 Å². The molecule has 1 saturated heterocycles. The highest BCUT2D eigenvalue weighted by Gasteiger charge is 2.34. The van der Waals surface area contributed by atoms with Gasteiger partial charge in [-0.15, -0.1) is 0 Å². The van der Waals surface area contributed by atoms with Gasteiger partial charge in [-0.1, -0.05) is 13.0 Å². The first-order chi connectivity index (χ1) is 16.5. The molecule has 0 saturated carbocycles. The van der Waals surface area contributed by atoms with Gasteiger partial charge in [-0.05, 0) is 42.0 Å². The summed E-state index contributed by atoms with van der Waals surface area (Å²) >= 11 is 0. The van der Waals surface area contributed by atoms with E-state index in [1.54, 1.807) is 6.92 Å². The van der Waals surface area contributed by atoms with Gasteiger partial charge in [0, 0.05) is 68.8 Å². The molecule has 2 atom stereocenters. The Morgan fingerprint density at radius 2 is 2.12 bits per heavy atom. The maximum absolute atomic E-state index is 12.2. The van der Waals surface area contributed by atoms with Gasteiger partial charge in [0.25, 0.3) is 0 Å². The van der Waals surface area contributed by atoms with E-state index in [2.05, 4.69) is 46.0 Å². The molecule has 8 nitrogen and oxygen atoms in total. The molecule has 0 radical (unpaired) electrons. The molecular formula is C26H32N6O2. The summed E-state index contributed by atoms with van der Waals surface area (Å²) in [5.74, 6) is 1.64. The molecule has 1 amide bonds. The molecule has 1 aromatic carbocycles. The summed E-state index contributed by atoms with van der Waals surface area (Å²) < 4.78 is 9.76. The number of aromatic nitrogens is 4. The van der Waals surface area contributed by atoms with Crippen molar-refractivity contribution in [1.29, 1.82) is 0 Å². The number of amides is 1. The topological polar surface area (TPSA) is 68.4 Å². The first kappa shape index (κ1) is 21.4. The molecule has 1 unspecified atom stereocenters. The molecule has 1 fully saturated rings. The van der Waals surface area contributed by atoms with Crippen molar-refractivity contribution in [2.45, 2.75) is 45.7 Å². The normalized spacial score (nSPS) is 22.1. The lowest BCUT2D eigenvalue weighted by atomic mass is 9.91. The molecule has 0 bridgehead atoms. The van der Waals surface area contributed by atoms with Crippen molar-refractivity contribution in [3.05, 3.63) is 47.4 Å². The number of carbonyl (C=O) groups is 1. The van der Waals surface area contributed by atoms with E-state index < -0.39 is 0 Å². The highest BCUT2D eigenvalue weighted by Crippen LogP contribution is 2.41. The van der Waals surface area contributed by atoms with E-state index in [0.29, 0.717) is 19.1 Å². The van der Waals surface area contributed by atoms with E-state index >= 15 is 0 Å². The molecule has 8 heteroatoms. The number of carbonyl (C=O) groups excluding carboxylic acids is 1. The first-order valence-corrected chi connectivity index (χ1v) is 12.3. The highest BCUT2D eigenvalue weighted by atomic mass is 16.5. The molecule has 178 valence electrons. The van der Waals surface area contributed by atoms with E-state index in [0.717, 1.165) is 50.3 Å². The van der Waals surface area contributed by atoms with E-state index in [1.165, 1.54) is 28.1 Å². The number of anilines is 2. The largest absolute Gasteiger partial charge is 0.379 e. The zero-order valence-corrected chi connectivity index (χ0v) is 20.2. The van der Waals surface area contributed by atoms with Crippen LogP contribution in [0.5, 0.6) is 0 Å². The number of rotatable bonds is 3. The fraction of sp³-hybridized carbons (Fsp3) is 0.500. The lowest BCUT2D eigenvalue weighted by Crippen LogP contribution is -2.36. The average Bonchev–Trinajstić information content (AvgIpc) is 3.57. The second kappa shape index (κ2) is 8.27. The van der Waals surface area contributed by atoms with Gasteiger partial charge >= 0.3 is 0 Å². The fourth-order valence-electron chi connectivity index (χ4n) is 5.74. The predicted molar refractivity (Wildman–Crippen MR) is 130 cm³/mol. The summed E-state index contributed by atoms with van der Waals surface area (Å²) in [5, 5.41) is 9.56. The molecule has 0 spiro atoms. The number of hydrogen-bond acceptors (Lipinski definition) is 5. The van der Waals surface area contributed by atoms with Gasteiger partial charge in [0.05, 0.1) is 25.4 Å². The zero-order chi connectivity index (χ0) is 23.4. The minimum absolute atomic E-state index is 0.127. The van der Waals surface area contributed by atoms with Crippen LogP contribution in [0.4, 0.5) is 11.5 Å². The Hall–Kier alpha value is -3.13. The van der Waals surface area contributed by atoms with Crippen LogP contribution in [0.2, 0.25) is 0 Å². The van der Waals surface area contributed by atoms with Crippen LogP contribution >= 0.6 is 0 Å². The van der Waals surface area contributed by atoms with Crippen LogP contribution in [0.15, 0.2) is 30.6 Å². The third-order valence-corrected chi connectivity index (χ3v) is 7.49. The van der Waals surface area contributed by atoms with E-state index in [-0.39, 0.29) is 11.9 Å². The number of nitrogens with zero attached hydrogens (tertiary/aromatic N) is 6. The van der Waals surface area contributed by atoms with Crippen molar-refractivity contribution in [2.24, 2.45) is 13.0 Å². The number of ether oxygens (including phenoxy) is 1. The molecule has 3 aliphatic heterocycles. The van der Waals surface area contributed by atoms with E-state index in [9.17, 15) is 4.79 Å². The number of hydrogen-bond donors (Lipinski definition) is 0. The van der Waals surface area contributed by atoms with E-state index in [4.69, 9.17) is 9.84 Å². The monoisotopic (exact) mass is 460 g/mol. The molecule has 34 heavy (non-hydrogen) atoms. The van der Waals surface area contributed by atoms with Gasteiger partial charge in [-0.25, -0.2) is 0 Å². The van der Waals surface area contributed by atoms with Crippen molar-refractivity contribution >= 4 is 17.4 Å². The SMILES string of the molecule is CC(=O)N1CCc2c(c(N3CC(C)Cc4cc(-c5cnn(C)c5)ccc43)nn2[C@H]2CCOC2)C1. The summed E-state index contributed by atoms with van der Waals surface area (Å²) in [6.45, 7) is 7.77. The van der Waals surface area contributed by atoms with Gasteiger partial charge in [-0.2, -0.15) is 10.2 Å². The van der Waals surface area contributed by atoms with Gasteiger partial charge in [-0.3, -0.25) is 14.2 Å². The average molecular weight is 461 g/mol. The molecule has 3 aromatic rings. The Bertz CT molecular complexity index is 1240. The van der Waals surface area contributed by atoms with Crippen molar-refractivity contribution in [1.82, 2.24) is 24.5 Å². The molecule has 6 rings (SSSR count). The summed E-state index contributed by atoms with van der Waals surface area (Å²) in [7, 11) is 1.95. The lowest BCUT2D eigenvalue weighted by molar-refractivity contribution is -0.129. The molecule has 2 aromatic heterocycles. The molecular weight excluding hydrogens is 428 g/mol. The summed E-state index contributed by atoms with van der Waals surface area (Å²) in [5.41, 5.74) is 7.36. The Morgan fingerprint density at radius 3 is 2.85 bits per heavy atom. The second-order valence-electron chi connectivity index (χ2n) is 10.1. The summed E-state index contributed by atoms with van der Waals surface area (Å²) in [6.07, 6.45) is 6.85. The second-order valence-corrected chi connectivity index (χ2v) is 10.1. The van der Waals surface area contributed by atoms with Crippen molar-refractivity contribution in [2.75, 3.05) is 31.2 Å². The van der Waals surface area contributed by atoms with Crippen LogP contribution in [-0.4, -0.2) is 56.7 Å². The van der Waals surface area contributed by atoms with Crippen LogP contribution in [0, 0.1) is 5.92 Å². The Balaban J connectivity index is 1.44. The van der Waals surface area contributed by atoms with Crippen molar-refractivity contribution in [3.63, 3.8) is 0 Å². The van der Waals surface area contributed by atoms with Crippen molar-refractivity contribution < 1.29 is 9.53 Å². The quantitative estimate of drug-likeness (QED) is 0.599. The third kappa shape index (κ3) is 3.60. The minimum Gasteiger partial charge on any atom is -0.379 e.